The first-order valence-electron chi connectivity index (χ1n) is 11.2. The van der Waals surface area contributed by atoms with Crippen molar-refractivity contribution in [3.63, 3.8) is 0 Å². The molecule has 2 aliphatic rings. The first kappa shape index (κ1) is 20.9. The van der Waals surface area contributed by atoms with Crippen LogP contribution in [0.3, 0.4) is 0 Å². The summed E-state index contributed by atoms with van der Waals surface area (Å²) in [5, 5.41) is 0.955. The van der Waals surface area contributed by atoms with Crippen molar-refractivity contribution in [3.8, 4) is 17.0 Å². The molecule has 2 aromatic heterocycles. The number of nitrogens with zero attached hydrogens (tertiary/aromatic N) is 5. The Morgan fingerprint density at radius 3 is 2.47 bits per heavy atom. The molecule has 2 fully saturated rings. The molecule has 0 amide bonds. The van der Waals surface area contributed by atoms with Gasteiger partial charge < -0.3 is 24.0 Å². The van der Waals surface area contributed by atoms with Crippen LogP contribution in [0.2, 0.25) is 0 Å². The molecular formula is C24H29N5O3. The van der Waals surface area contributed by atoms with Gasteiger partial charge in [0.1, 0.15) is 11.6 Å². The lowest BCUT2D eigenvalue weighted by molar-refractivity contribution is -0.00570. The number of anilines is 2. The number of fused-ring (bicyclic) bond motifs is 1. The molecule has 0 unspecified atom stereocenters. The van der Waals surface area contributed by atoms with Gasteiger partial charge in [-0.05, 0) is 38.1 Å². The summed E-state index contributed by atoms with van der Waals surface area (Å²) < 4.78 is 16.9. The molecule has 32 heavy (non-hydrogen) atoms. The van der Waals surface area contributed by atoms with Crippen LogP contribution in [0.5, 0.6) is 5.75 Å². The van der Waals surface area contributed by atoms with Crippen LogP contribution in [-0.2, 0) is 9.47 Å². The van der Waals surface area contributed by atoms with Crippen LogP contribution in [0.4, 0.5) is 11.8 Å². The Hall–Kier alpha value is -2.97. The summed E-state index contributed by atoms with van der Waals surface area (Å²) in [6, 6.07) is 12.0. The topological polar surface area (TPSA) is 72.8 Å². The van der Waals surface area contributed by atoms with Gasteiger partial charge >= 0.3 is 0 Å². The molecule has 2 aliphatic heterocycles. The minimum atomic E-state index is 0.126. The van der Waals surface area contributed by atoms with Gasteiger partial charge in [0.2, 0.25) is 5.95 Å². The lowest BCUT2D eigenvalue weighted by Crippen LogP contribution is -2.46. The highest BCUT2D eigenvalue weighted by Gasteiger charge is 2.26. The predicted octanol–water partition coefficient (Wildman–Crippen LogP) is 3.15. The number of benzene rings is 1. The van der Waals surface area contributed by atoms with Crippen LogP contribution in [0, 0.1) is 0 Å². The zero-order valence-electron chi connectivity index (χ0n) is 18.8. The molecule has 3 aromatic rings. The monoisotopic (exact) mass is 435 g/mol. The minimum absolute atomic E-state index is 0.126. The molecular weight excluding hydrogens is 406 g/mol. The van der Waals surface area contributed by atoms with Crippen LogP contribution < -0.4 is 14.5 Å². The minimum Gasteiger partial charge on any atom is -0.497 e. The number of aromatic nitrogens is 3. The summed E-state index contributed by atoms with van der Waals surface area (Å²) in [6.07, 6.45) is 0.252. The van der Waals surface area contributed by atoms with Crippen molar-refractivity contribution in [1.29, 1.82) is 0 Å². The summed E-state index contributed by atoms with van der Waals surface area (Å²) in [6.45, 7) is 8.70. The van der Waals surface area contributed by atoms with Gasteiger partial charge in [0.05, 0.1) is 43.6 Å². The summed E-state index contributed by atoms with van der Waals surface area (Å²) in [4.78, 5) is 19.4. The van der Waals surface area contributed by atoms with E-state index in [1.807, 2.05) is 30.3 Å². The maximum atomic E-state index is 5.92. The predicted molar refractivity (Wildman–Crippen MR) is 125 cm³/mol. The SMILES string of the molecule is COc1cccc(-c2ccc3c(N4CCOCC4)nc(N4C[C@@H](C)O[C@@H](C)C4)nc3n2)c1. The first-order chi connectivity index (χ1) is 15.6. The molecule has 168 valence electrons. The van der Waals surface area contributed by atoms with Gasteiger partial charge in [0, 0.05) is 31.7 Å². The molecule has 2 saturated heterocycles. The van der Waals surface area contributed by atoms with E-state index in [0.29, 0.717) is 24.8 Å². The zero-order chi connectivity index (χ0) is 22.1. The Morgan fingerprint density at radius 1 is 0.938 bits per heavy atom. The van der Waals surface area contributed by atoms with E-state index in [2.05, 4.69) is 29.7 Å². The highest BCUT2D eigenvalue weighted by atomic mass is 16.5. The smallest absolute Gasteiger partial charge is 0.229 e. The average Bonchev–Trinajstić information content (AvgIpc) is 2.83. The van der Waals surface area contributed by atoms with Gasteiger partial charge in [-0.2, -0.15) is 9.97 Å². The molecule has 5 rings (SSSR count). The molecule has 1 aromatic carbocycles. The van der Waals surface area contributed by atoms with E-state index in [9.17, 15) is 0 Å². The fourth-order valence-electron chi connectivity index (χ4n) is 4.42. The van der Waals surface area contributed by atoms with E-state index in [1.165, 1.54) is 0 Å². The van der Waals surface area contributed by atoms with E-state index in [1.54, 1.807) is 7.11 Å². The summed E-state index contributed by atoms with van der Waals surface area (Å²) in [7, 11) is 1.67. The number of ether oxygens (including phenoxy) is 3. The summed E-state index contributed by atoms with van der Waals surface area (Å²) >= 11 is 0. The van der Waals surface area contributed by atoms with Crippen LogP contribution >= 0.6 is 0 Å². The van der Waals surface area contributed by atoms with Crippen molar-refractivity contribution >= 4 is 22.8 Å². The average molecular weight is 436 g/mol. The maximum absolute atomic E-state index is 5.92. The standard InChI is InChI=1S/C24H29N5O3/c1-16-14-29(15-17(2)32-16)24-26-22-20(23(27-24)28-9-11-31-12-10-28)7-8-21(25-22)18-5-4-6-19(13-18)30-3/h4-8,13,16-17H,9-12,14-15H2,1-3H3/t16-,17+. The third kappa shape index (κ3) is 4.20. The summed E-state index contributed by atoms with van der Waals surface area (Å²) in [5.41, 5.74) is 2.55. The lowest BCUT2D eigenvalue weighted by atomic mass is 10.1. The van der Waals surface area contributed by atoms with Crippen molar-refractivity contribution in [2.24, 2.45) is 0 Å². The first-order valence-corrected chi connectivity index (χ1v) is 11.2. The van der Waals surface area contributed by atoms with E-state index in [-0.39, 0.29) is 12.2 Å². The van der Waals surface area contributed by atoms with Gasteiger partial charge in [0.15, 0.2) is 5.65 Å². The van der Waals surface area contributed by atoms with E-state index in [0.717, 1.165) is 54.4 Å². The van der Waals surface area contributed by atoms with Crippen molar-refractivity contribution in [2.75, 3.05) is 56.3 Å². The third-order valence-electron chi connectivity index (χ3n) is 5.91. The van der Waals surface area contributed by atoms with Crippen molar-refractivity contribution in [2.45, 2.75) is 26.1 Å². The molecule has 0 spiro atoms. The van der Waals surface area contributed by atoms with Crippen molar-refractivity contribution < 1.29 is 14.2 Å². The molecule has 2 atom stereocenters. The lowest BCUT2D eigenvalue weighted by Gasteiger charge is -2.36. The summed E-state index contributed by atoms with van der Waals surface area (Å²) in [5.74, 6) is 2.43. The third-order valence-corrected chi connectivity index (χ3v) is 5.91. The number of pyridine rings is 1. The Balaban J connectivity index is 1.61. The van der Waals surface area contributed by atoms with Crippen LogP contribution in [0.25, 0.3) is 22.3 Å². The maximum Gasteiger partial charge on any atom is 0.229 e. The Morgan fingerprint density at radius 2 is 1.72 bits per heavy atom. The van der Waals surface area contributed by atoms with E-state index < -0.39 is 0 Å². The highest BCUT2D eigenvalue weighted by molar-refractivity contribution is 5.90. The van der Waals surface area contributed by atoms with Crippen molar-refractivity contribution in [3.05, 3.63) is 36.4 Å². The molecule has 0 aliphatic carbocycles. The van der Waals surface area contributed by atoms with Gasteiger partial charge in [-0.1, -0.05) is 12.1 Å². The Labute approximate surface area is 188 Å². The number of hydrogen-bond acceptors (Lipinski definition) is 8. The number of morpholine rings is 2. The number of rotatable bonds is 4. The van der Waals surface area contributed by atoms with Crippen LogP contribution in [0.15, 0.2) is 36.4 Å². The van der Waals surface area contributed by atoms with Gasteiger partial charge in [-0.3, -0.25) is 0 Å². The fourth-order valence-corrected chi connectivity index (χ4v) is 4.42. The molecule has 0 saturated carbocycles. The van der Waals surface area contributed by atoms with Gasteiger partial charge in [0.25, 0.3) is 0 Å². The largest absolute Gasteiger partial charge is 0.497 e. The highest BCUT2D eigenvalue weighted by Crippen LogP contribution is 2.30. The fraction of sp³-hybridized carbons (Fsp3) is 0.458. The van der Waals surface area contributed by atoms with Gasteiger partial charge in [-0.15, -0.1) is 0 Å². The van der Waals surface area contributed by atoms with Crippen molar-refractivity contribution in [1.82, 2.24) is 15.0 Å². The molecule has 4 heterocycles. The van der Waals surface area contributed by atoms with Gasteiger partial charge in [-0.25, -0.2) is 4.98 Å². The second-order valence-electron chi connectivity index (χ2n) is 8.41. The molecule has 0 N–H and O–H groups in total. The Bertz CT molecular complexity index is 1090. The zero-order valence-corrected chi connectivity index (χ0v) is 18.8. The number of hydrogen-bond donors (Lipinski definition) is 0. The second kappa shape index (κ2) is 8.88. The molecule has 8 nitrogen and oxygen atoms in total. The number of methoxy groups -OCH3 is 1. The van der Waals surface area contributed by atoms with Crippen LogP contribution in [-0.4, -0.2) is 73.7 Å². The second-order valence-corrected chi connectivity index (χ2v) is 8.41. The molecule has 8 heteroatoms. The van der Waals surface area contributed by atoms with Crippen LogP contribution in [0.1, 0.15) is 13.8 Å². The van der Waals surface area contributed by atoms with E-state index >= 15 is 0 Å². The Kier molecular flexibility index (Phi) is 5.80. The normalized spacial score (nSPS) is 21.7. The quantitative estimate of drug-likeness (QED) is 0.619. The molecule has 0 radical (unpaired) electrons. The van der Waals surface area contributed by atoms with E-state index in [4.69, 9.17) is 29.2 Å². The molecule has 0 bridgehead atoms.